The molecule has 2 rings (SSSR count). The topological polar surface area (TPSA) is 27.6 Å². The van der Waals surface area contributed by atoms with E-state index < -0.39 is 0 Å². The minimum Gasteiger partial charge on any atom is -0.365 e. The van der Waals surface area contributed by atoms with Crippen molar-refractivity contribution >= 4 is 16.9 Å². The van der Waals surface area contributed by atoms with Gasteiger partial charge in [-0.15, -0.1) is 0 Å². The van der Waals surface area contributed by atoms with Gasteiger partial charge in [0.1, 0.15) is 0 Å². The number of thioether (sulfide) groups is 1. The quantitative estimate of drug-likeness (QED) is 0.841. The van der Waals surface area contributed by atoms with Crippen LogP contribution >= 0.6 is 11.8 Å². The first-order valence-electron chi connectivity index (χ1n) is 7.73. The minimum absolute atomic E-state index is 0.693. The fourth-order valence-corrected chi connectivity index (χ4v) is 4.15. The lowest BCUT2D eigenvalue weighted by Crippen LogP contribution is -2.31. The summed E-state index contributed by atoms with van der Waals surface area (Å²) in [5.41, 5.74) is 0. The van der Waals surface area contributed by atoms with Crippen molar-refractivity contribution in [2.24, 2.45) is 16.8 Å². The zero-order valence-electron chi connectivity index (χ0n) is 12.9. The maximum absolute atomic E-state index is 4.64. The van der Waals surface area contributed by atoms with Crippen LogP contribution in [0.3, 0.4) is 0 Å². The molecule has 0 aromatic heterocycles. The van der Waals surface area contributed by atoms with Crippen LogP contribution in [0.25, 0.3) is 0 Å². The van der Waals surface area contributed by atoms with Crippen molar-refractivity contribution in [2.45, 2.75) is 51.8 Å². The summed E-state index contributed by atoms with van der Waals surface area (Å²) < 4.78 is 0. The highest BCUT2D eigenvalue weighted by atomic mass is 32.2. The van der Waals surface area contributed by atoms with Crippen LogP contribution in [0.2, 0.25) is 0 Å². The Morgan fingerprint density at radius 1 is 1.37 bits per heavy atom. The summed E-state index contributed by atoms with van der Waals surface area (Å²) in [5.74, 6) is 1.58. The van der Waals surface area contributed by atoms with Crippen molar-refractivity contribution in [1.29, 1.82) is 0 Å². The van der Waals surface area contributed by atoms with Gasteiger partial charge in [0.2, 0.25) is 0 Å². The molecule has 110 valence electrons. The summed E-state index contributed by atoms with van der Waals surface area (Å²) in [7, 11) is 0. The molecule has 4 heteroatoms. The first kappa shape index (κ1) is 15.2. The van der Waals surface area contributed by atoms with E-state index in [4.69, 9.17) is 0 Å². The van der Waals surface area contributed by atoms with E-state index in [9.17, 15) is 0 Å². The summed E-state index contributed by atoms with van der Waals surface area (Å²) in [6, 6.07) is 0.693. The molecule has 19 heavy (non-hydrogen) atoms. The van der Waals surface area contributed by atoms with E-state index >= 15 is 0 Å². The maximum Gasteiger partial charge on any atom is 0.156 e. The van der Waals surface area contributed by atoms with E-state index in [0.717, 1.165) is 24.9 Å². The zero-order chi connectivity index (χ0) is 13.8. The van der Waals surface area contributed by atoms with Crippen LogP contribution in [0.1, 0.15) is 40.5 Å². The molecular weight excluding hydrogens is 254 g/mol. The molecule has 2 atom stereocenters. The highest BCUT2D eigenvalue weighted by Gasteiger charge is 2.25. The molecule has 0 aromatic carbocycles. The van der Waals surface area contributed by atoms with Crippen molar-refractivity contribution in [3.8, 4) is 0 Å². The Hall–Kier alpha value is -0.220. The van der Waals surface area contributed by atoms with Crippen LogP contribution in [0, 0.1) is 11.8 Å². The number of hydrogen-bond acceptors (Lipinski definition) is 4. The standard InChI is InChI=1S/C15H29N3S/c1-11(2)7-14-9-17-15(19-14)16-8-13-5-6-18(10-13)12(3)4/h11-14H,5-10H2,1-4H3,(H,16,17). The van der Waals surface area contributed by atoms with Crippen LogP contribution in [0.15, 0.2) is 4.99 Å². The minimum atomic E-state index is 0.693. The van der Waals surface area contributed by atoms with Gasteiger partial charge in [-0.05, 0) is 45.1 Å². The Labute approximate surface area is 122 Å². The van der Waals surface area contributed by atoms with Crippen LogP contribution in [0.5, 0.6) is 0 Å². The van der Waals surface area contributed by atoms with Crippen LogP contribution in [-0.4, -0.2) is 47.5 Å². The number of amidine groups is 1. The van der Waals surface area contributed by atoms with Gasteiger partial charge in [0.15, 0.2) is 5.17 Å². The number of aliphatic imine (C=N–C) groups is 1. The Bertz CT molecular complexity index is 315. The first-order valence-corrected chi connectivity index (χ1v) is 8.61. The van der Waals surface area contributed by atoms with E-state index in [1.165, 1.54) is 31.1 Å². The number of nitrogens with zero attached hydrogens (tertiary/aromatic N) is 2. The lowest BCUT2D eigenvalue weighted by molar-refractivity contribution is 0.265. The third kappa shape index (κ3) is 4.67. The third-order valence-corrected chi connectivity index (χ3v) is 5.21. The van der Waals surface area contributed by atoms with Gasteiger partial charge in [-0.25, -0.2) is 0 Å². The second-order valence-electron chi connectivity index (χ2n) is 6.64. The van der Waals surface area contributed by atoms with Crippen molar-refractivity contribution in [1.82, 2.24) is 10.2 Å². The Morgan fingerprint density at radius 3 is 2.79 bits per heavy atom. The van der Waals surface area contributed by atoms with Gasteiger partial charge in [0, 0.05) is 24.4 Å². The maximum atomic E-state index is 4.64. The zero-order valence-corrected chi connectivity index (χ0v) is 13.7. The molecule has 3 nitrogen and oxygen atoms in total. The fourth-order valence-electron chi connectivity index (χ4n) is 2.89. The smallest absolute Gasteiger partial charge is 0.156 e. The summed E-state index contributed by atoms with van der Waals surface area (Å²) in [4.78, 5) is 7.22. The highest BCUT2D eigenvalue weighted by molar-refractivity contribution is 8.14. The van der Waals surface area contributed by atoms with Crippen LogP contribution in [-0.2, 0) is 0 Å². The van der Waals surface area contributed by atoms with Gasteiger partial charge < -0.3 is 10.2 Å². The Balaban J connectivity index is 1.65. The van der Waals surface area contributed by atoms with Crippen molar-refractivity contribution in [2.75, 3.05) is 26.2 Å². The van der Waals surface area contributed by atoms with E-state index in [2.05, 4.69) is 42.9 Å². The van der Waals surface area contributed by atoms with Crippen molar-refractivity contribution in [3.05, 3.63) is 0 Å². The molecule has 0 radical (unpaired) electrons. The second-order valence-corrected chi connectivity index (χ2v) is 7.93. The van der Waals surface area contributed by atoms with Crippen molar-refractivity contribution < 1.29 is 0 Å². The van der Waals surface area contributed by atoms with Gasteiger partial charge in [-0.2, -0.15) is 0 Å². The molecule has 0 saturated carbocycles. The lowest BCUT2D eigenvalue weighted by atomic mass is 10.1. The third-order valence-electron chi connectivity index (χ3n) is 4.04. The predicted octanol–water partition coefficient (Wildman–Crippen LogP) is 2.82. The number of hydrogen-bond donors (Lipinski definition) is 1. The monoisotopic (exact) mass is 283 g/mol. The first-order chi connectivity index (χ1) is 9.04. The largest absolute Gasteiger partial charge is 0.365 e. The number of likely N-dealkylation sites (tertiary alicyclic amines) is 1. The molecule has 2 heterocycles. The van der Waals surface area contributed by atoms with Gasteiger partial charge in [0.05, 0.1) is 6.54 Å². The van der Waals surface area contributed by atoms with Gasteiger partial charge in [-0.1, -0.05) is 25.6 Å². The molecule has 0 bridgehead atoms. The average molecular weight is 283 g/mol. The molecule has 0 spiro atoms. The molecule has 1 fully saturated rings. The van der Waals surface area contributed by atoms with Crippen LogP contribution in [0.4, 0.5) is 0 Å². The van der Waals surface area contributed by atoms with Crippen LogP contribution < -0.4 is 5.32 Å². The second kappa shape index (κ2) is 6.98. The summed E-state index contributed by atoms with van der Waals surface area (Å²) in [5, 5.41) is 5.47. The molecule has 2 unspecified atom stereocenters. The Morgan fingerprint density at radius 2 is 2.16 bits per heavy atom. The molecule has 1 N–H and O–H groups in total. The van der Waals surface area contributed by atoms with E-state index in [1.807, 2.05) is 11.8 Å². The lowest BCUT2D eigenvalue weighted by Gasteiger charge is -2.20. The molecule has 2 aliphatic heterocycles. The molecule has 0 aliphatic carbocycles. The number of nitrogens with one attached hydrogen (secondary N) is 1. The molecule has 0 amide bonds. The van der Waals surface area contributed by atoms with E-state index in [1.54, 1.807) is 0 Å². The summed E-state index contributed by atoms with van der Waals surface area (Å²) in [6.07, 6.45) is 2.61. The normalized spacial score (nSPS) is 28.4. The fraction of sp³-hybridized carbons (Fsp3) is 0.933. The van der Waals surface area contributed by atoms with Gasteiger partial charge in [0.25, 0.3) is 0 Å². The van der Waals surface area contributed by atoms with E-state index in [-0.39, 0.29) is 0 Å². The van der Waals surface area contributed by atoms with Gasteiger partial charge >= 0.3 is 0 Å². The van der Waals surface area contributed by atoms with E-state index in [0.29, 0.717) is 11.3 Å². The predicted molar refractivity (Wildman–Crippen MR) is 86.0 cm³/mol. The average Bonchev–Trinajstić information content (AvgIpc) is 2.94. The van der Waals surface area contributed by atoms with Gasteiger partial charge in [-0.3, -0.25) is 4.99 Å². The SMILES string of the molecule is CC(C)CC1CN=C(NCC2CCN(C(C)C)C2)S1. The highest BCUT2D eigenvalue weighted by Crippen LogP contribution is 2.26. The molecule has 1 saturated heterocycles. The summed E-state index contributed by atoms with van der Waals surface area (Å²) >= 11 is 1.95. The molecule has 2 aliphatic rings. The summed E-state index contributed by atoms with van der Waals surface area (Å²) in [6.45, 7) is 13.8. The van der Waals surface area contributed by atoms with Crippen molar-refractivity contribution in [3.63, 3.8) is 0 Å². The molecular formula is C15H29N3S. The number of rotatable bonds is 5. The molecule has 0 aromatic rings. The Kier molecular flexibility index (Phi) is 5.58.